The van der Waals surface area contributed by atoms with E-state index in [1.165, 1.54) is 24.3 Å². The topological polar surface area (TPSA) is 110 Å². The average Bonchev–Trinajstić information content (AvgIpc) is 2.06. The summed E-state index contributed by atoms with van der Waals surface area (Å²) in [5, 5.41) is 18.6. The van der Waals surface area contributed by atoms with Gasteiger partial charge in [0, 0.05) is 0 Å². The Morgan fingerprint density at radius 3 is 1.57 bits per heavy atom. The molecule has 0 fully saturated rings. The van der Waals surface area contributed by atoms with Crippen molar-refractivity contribution in [1.29, 1.82) is 0 Å². The molecule has 0 amide bonds. The molecular weight excluding hydrogens is 192 g/mol. The number of hydrogen-bond acceptors (Lipinski definition) is 4. The highest BCUT2D eigenvalue weighted by molar-refractivity contribution is 5.66. The number of rotatable bonds is 4. The molecule has 8 nitrogen and oxygen atoms in total. The highest BCUT2D eigenvalue weighted by Crippen LogP contribution is 2.20. The number of hydrazine groups is 2. The van der Waals surface area contributed by atoms with Crippen molar-refractivity contribution in [2.75, 3.05) is 10.9 Å². The highest BCUT2D eigenvalue weighted by atomic mass is 16.7. The summed E-state index contributed by atoms with van der Waals surface area (Å²) in [4.78, 5) is 20.2. The molecule has 0 bridgehead atoms. The van der Waals surface area contributed by atoms with Crippen LogP contribution in [0.2, 0.25) is 0 Å². The van der Waals surface area contributed by atoms with Gasteiger partial charge in [-0.05, 0) is 12.1 Å². The molecule has 0 radical (unpaired) electrons. The zero-order valence-corrected chi connectivity index (χ0v) is 6.84. The standard InChI is InChI=1S/C6H6N4O4/c11-9(12)7-5-3-1-2-4-6(5)8-10(13)14/h1-4,7-8H. The van der Waals surface area contributed by atoms with Gasteiger partial charge >= 0.3 is 0 Å². The molecule has 0 saturated heterocycles. The summed E-state index contributed by atoms with van der Waals surface area (Å²) < 4.78 is 0. The normalized spacial score (nSPS) is 9.14. The highest BCUT2D eigenvalue weighted by Gasteiger charge is 2.09. The van der Waals surface area contributed by atoms with Crippen LogP contribution in [0.4, 0.5) is 11.4 Å². The van der Waals surface area contributed by atoms with Gasteiger partial charge in [-0.15, -0.1) is 10.9 Å². The maximum absolute atomic E-state index is 10.1. The Balaban J connectivity index is 2.90. The number of nitrogens with zero attached hydrogens (tertiary/aromatic N) is 2. The summed E-state index contributed by atoms with van der Waals surface area (Å²) in [7, 11) is 0. The van der Waals surface area contributed by atoms with Crippen LogP contribution in [-0.2, 0) is 0 Å². The monoisotopic (exact) mass is 198 g/mol. The van der Waals surface area contributed by atoms with Gasteiger partial charge in [0.25, 0.3) is 0 Å². The first-order valence-corrected chi connectivity index (χ1v) is 3.50. The maximum Gasteiger partial charge on any atom is 0.162 e. The second kappa shape index (κ2) is 4.03. The van der Waals surface area contributed by atoms with Crippen LogP contribution in [0.3, 0.4) is 0 Å². The largest absolute Gasteiger partial charge is 0.235 e. The van der Waals surface area contributed by atoms with E-state index in [1.807, 2.05) is 10.9 Å². The quantitative estimate of drug-likeness (QED) is 0.549. The Morgan fingerprint density at radius 2 is 1.29 bits per heavy atom. The predicted octanol–water partition coefficient (Wildman–Crippen LogP) is 0.894. The van der Waals surface area contributed by atoms with Gasteiger partial charge in [0.05, 0.1) is 0 Å². The van der Waals surface area contributed by atoms with E-state index in [0.717, 1.165) is 0 Å². The van der Waals surface area contributed by atoms with Crippen LogP contribution in [0.25, 0.3) is 0 Å². The van der Waals surface area contributed by atoms with E-state index in [2.05, 4.69) is 0 Å². The molecule has 0 aliphatic carbocycles. The summed E-state index contributed by atoms with van der Waals surface area (Å²) in [6.07, 6.45) is 0. The third kappa shape index (κ3) is 2.59. The summed E-state index contributed by atoms with van der Waals surface area (Å²) >= 11 is 0. The van der Waals surface area contributed by atoms with Gasteiger partial charge in [0.1, 0.15) is 11.4 Å². The molecule has 0 heterocycles. The zero-order valence-electron chi connectivity index (χ0n) is 6.84. The SMILES string of the molecule is O=[N+]([O-])Nc1ccccc1N[N+](=O)[O-]. The fourth-order valence-corrected chi connectivity index (χ4v) is 0.875. The van der Waals surface area contributed by atoms with Gasteiger partial charge in [-0.25, -0.2) is 20.2 Å². The van der Waals surface area contributed by atoms with Crippen molar-refractivity contribution in [3.8, 4) is 0 Å². The molecule has 0 aliphatic rings. The zero-order chi connectivity index (χ0) is 10.6. The third-order valence-corrected chi connectivity index (χ3v) is 1.35. The maximum atomic E-state index is 10.1. The van der Waals surface area contributed by atoms with Crippen molar-refractivity contribution in [2.45, 2.75) is 0 Å². The fourth-order valence-electron chi connectivity index (χ4n) is 0.875. The average molecular weight is 198 g/mol. The van der Waals surface area contributed by atoms with E-state index in [4.69, 9.17) is 0 Å². The lowest BCUT2D eigenvalue weighted by atomic mass is 10.3. The molecule has 1 aromatic carbocycles. The van der Waals surface area contributed by atoms with Gasteiger partial charge in [-0.2, -0.15) is 0 Å². The van der Waals surface area contributed by atoms with E-state index >= 15 is 0 Å². The first-order valence-electron chi connectivity index (χ1n) is 3.50. The second-order valence-electron chi connectivity index (χ2n) is 2.28. The van der Waals surface area contributed by atoms with E-state index in [9.17, 15) is 20.2 Å². The van der Waals surface area contributed by atoms with Crippen molar-refractivity contribution >= 4 is 11.4 Å². The summed E-state index contributed by atoms with van der Waals surface area (Å²) in [6, 6.07) is 5.76. The van der Waals surface area contributed by atoms with Crippen molar-refractivity contribution in [3.63, 3.8) is 0 Å². The summed E-state index contributed by atoms with van der Waals surface area (Å²) in [5.41, 5.74) is 3.74. The minimum Gasteiger partial charge on any atom is -0.235 e. The lowest BCUT2D eigenvalue weighted by Crippen LogP contribution is -2.13. The minimum absolute atomic E-state index is 0.0363. The van der Waals surface area contributed by atoms with Crippen molar-refractivity contribution in [1.82, 2.24) is 0 Å². The third-order valence-electron chi connectivity index (χ3n) is 1.35. The lowest BCUT2D eigenvalue weighted by Gasteiger charge is -2.02. The smallest absolute Gasteiger partial charge is 0.162 e. The molecule has 2 N–H and O–H groups in total. The lowest BCUT2D eigenvalue weighted by molar-refractivity contribution is -0.448. The van der Waals surface area contributed by atoms with Crippen LogP contribution in [0.15, 0.2) is 24.3 Å². The second-order valence-corrected chi connectivity index (χ2v) is 2.28. The van der Waals surface area contributed by atoms with Crippen LogP contribution in [0, 0.1) is 20.2 Å². The number of hydrogen-bond donors (Lipinski definition) is 2. The van der Waals surface area contributed by atoms with Gasteiger partial charge in [-0.1, -0.05) is 12.1 Å². The number of benzene rings is 1. The van der Waals surface area contributed by atoms with Crippen LogP contribution in [0.1, 0.15) is 0 Å². The Labute approximate surface area is 77.8 Å². The van der Waals surface area contributed by atoms with Crippen molar-refractivity contribution in [3.05, 3.63) is 44.5 Å². The molecule has 0 aromatic heterocycles. The van der Waals surface area contributed by atoms with Gasteiger partial charge in [0.15, 0.2) is 10.1 Å². The molecule has 14 heavy (non-hydrogen) atoms. The minimum atomic E-state index is -0.791. The van der Waals surface area contributed by atoms with Crippen molar-refractivity contribution < 1.29 is 10.1 Å². The van der Waals surface area contributed by atoms with E-state index < -0.39 is 10.1 Å². The number of nitro groups is 2. The number of para-hydroxylation sites is 2. The molecule has 1 aromatic rings. The van der Waals surface area contributed by atoms with Crippen molar-refractivity contribution in [2.24, 2.45) is 0 Å². The Hall–Kier alpha value is -2.38. The van der Waals surface area contributed by atoms with E-state index in [1.54, 1.807) is 0 Å². The molecule has 8 heteroatoms. The van der Waals surface area contributed by atoms with E-state index in [0.29, 0.717) is 0 Å². The Morgan fingerprint density at radius 1 is 0.929 bits per heavy atom. The van der Waals surface area contributed by atoms with Crippen LogP contribution >= 0.6 is 0 Å². The molecule has 0 aliphatic heterocycles. The van der Waals surface area contributed by atoms with Gasteiger partial charge < -0.3 is 0 Å². The van der Waals surface area contributed by atoms with Crippen LogP contribution < -0.4 is 10.9 Å². The number of nitrogens with one attached hydrogen (secondary N) is 2. The molecule has 0 atom stereocenters. The summed E-state index contributed by atoms with van der Waals surface area (Å²) in [5.74, 6) is 0. The van der Waals surface area contributed by atoms with Gasteiger partial charge in [0.2, 0.25) is 0 Å². The first kappa shape index (κ1) is 9.71. The molecule has 0 saturated carbocycles. The van der Waals surface area contributed by atoms with E-state index in [-0.39, 0.29) is 11.4 Å². The molecule has 74 valence electrons. The molecule has 1 rings (SSSR count). The molecule has 0 spiro atoms. The fraction of sp³-hybridized carbons (Fsp3) is 0. The predicted molar refractivity (Wildman–Crippen MR) is 47.7 cm³/mol. The summed E-state index contributed by atoms with van der Waals surface area (Å²) in [6.45, 7) is 0. The first-order chi connectivity index (χ1) is 6.59. The number of anilines is 2. The van der Waals surface area contributed by atoms with Crippen LogP contribution in [0.5, 0.6) is 0 Å². The van der Waals surface area contributed by atoms with Crippen LogP contribution in [-0.4, -0.2) is 10.1 Å². The Kier molecular flexibility index (Phi) is 2.79. The van der Waals surface area contributed by atoms with Gasteiger partial charge in [-0.3, -0.25) is 0 Å². The molecular formula is C6H6N4O4. The Bertz CT molecular complexity index is 332. The molecule has 0 unspecified atom stereocenters.